The Morgan fingerprint density at radius 3 is 1.13 bits per heavy atom. The largest absolute Gasteiger partial charge is 0.497 e. The van der Waals surface area contributed by atoms with E-state index in [1.165, 1.54) is 77.0 Å². The molecule has 0 radical (unpaired) electrons. The van der Waals surface area contributed by atoms with Gasteiger partial charge in [0.05, 0.1) is 50.7 Å². The molecule has 14 heteroatoms. The summed E-state index contributed by atoms with van der Waals surface area (Å²) in [7, 11) is 5.95. The lowest BCUT2D eigenvalue weighted by Gasteiger charge is -2.43. The van der Waals surface area contributed by atoms with Gasteiger partial charge in [0, 0.05) is 0 Å². The smallest absolute Gasteiger partial charge is 0.338 e. The summed E-state index contributed by atoms with van der Waals surface area (Å²) in [5.41, 5.74) is 0.625. The van der Waals surface area contributed by atoms with E-state index in [0.717, 1.165) is 0 Å². The highest BCUT2D eigenvalue weighted by Gasteiger charge is 2.52. The van der Waals surface area contributed by atoms with Crippen molar-refractivity contribution in [2.75, 3.05) is 35.0 Å². The van der Waals surface area contributed by atoms with E-state index in [4.69, 9.17) is 42.6 Å². The summed E-state index contributed by atoms with van der Waals surface area (Å²) in [5.74, 6) is -1.12. The zero-order valence-corrected chi connectivity index (χ0v) is 30.1. The summed E-state index contributed by atoms with van der Waals surface area (Å²) >= 11 is 3.41. The molecule has 0 spiro atoms. The van der Waals surface area contributed by atoms with Gasteiger partial charge in [0.1, 0.15) is 35.7 Å². The van der Waals surface area contributed by atoms with Gasteiger partial charge >= 0.3 is 23.9 Å². The third kappa shape index (κ3) is 9.19. The molecule has 0 aromatic heterocycles. The number of esters is 4. The minimum absolute atomic E-state index is 0.126. The van der Waals surface area contributed by atoms with Crippen LogP contribution in [0.1, 0.15) is 41.4 Å². The molecule has 0 amide bonds. The molecule has 0 bridgehead atoms. The van der Waals surface area contributed by atoms with Crippen LogP contribution in [0.15, 0.2) is 97.1 Å². The predicted molar refractivity (Wildman–Crippen MR) is 187 cm³/mol. The molecule has 5 atom stereocenters. The second kappa shape index (κ2) is 17.6. The number of halogens is 1. The Morgan fingerprint density at radius 2 is 0.788 bits per heavy atom. The third-order valence-corrected chi connectivity index (χ3v) is 8.72. The van der Waals surface area contributed by atoms with E-state index in [1.807, 2.05) is 0 Å². The fourth-order valence-corrected chi connectivity index (χ4v) is 5.81. The first-order valence-corrected chi connectivity index (χ1v) is 16.7. The molecule has 13 nitrogen and oxygen atoms in total. The maximum absolute atomic E-state index is 13.6. The molecular weight excluding hydrogens is 744 g/mol. The molecule has 0 saturated carbocycles. The van der Waals surface area contributed by atoms with Crippen molar-refractivity contribution >= 4 is 39.8 Å². The molecule has 272 valence electrons. The molecule has 1 aliphatic rings. The van der Waals surface area contributed by atoms with Gasteiger partial charge in [-0.2, -0.15) is 0 Å². The van der Waals surface area contributed by atoms with Crippen molar-refractivity contribution in [3.8, 4) is 23.0 Å². The van der Waals surface area contributed by atoms with Crippen molar-refractivity contribution in [1.29, 1.82) is 0 Å². The number of alkyl halides is 1. The van der Waals surface area contributed by atoms with Gasteiger partial charge in [0.15, 0.2) is 23.3 Å². The molecule has 1 saturated heterocycles. The summed E-state index contributed by atoms with van der Waals surface area (Å²) < 4.78 is 50.3. The van der Waals surface area contributed by atoms with Crippen LogP contribution in [0.3, 0.4) is 0 Å². The number of benzene rings is 4. The summed E-state index contributed by atoms with van der Waals surface area (Å²) in [6, 6.07) is 24.6. The summed E-state index contributed by atoms with van der Waals surface area (Å²) in [6.45, 7) is -0.455. The Morgan fingerprint density at radius 1 is 0.481 bits per heavy atom. The van der Waals surface area contributed by atoms with Crippen molar-refractivity contribution in [2.45, 2.75) is 29.4 Å². The summed E-state index contributed by atoms with van der Waals surface area (Å²) in [5, 5.41) is -1.14. The lowest BCUT2D eigenvalue weighted by molar-refractivity contribution is -0.205. The highest BCUT2D eigenvalue weighted by Crippen LogP contribution is 2.34. The average molecular weight is 780 g/mol. The van der Waals surface area contributed by atoms with Crippen LogP contribution < -0.4 is 18.9 Å². The van der Waals surface area contributed by atoms with Crippen molar-refractivity contribution < 1.29 is 61.8 Å². The maximum Gasteiger partial charge on any atom is 0.338 e. The molecule has 0 unspecified atom stereocenters. The van der Waals surface area contributed by atoms with Crippen LogP contribution in [0, 0.1) is 0 Å². The van der Waals surface area contributed by atoms with E-state index in [0.29, 0.717) is 23.0 Å². The van der Waals surface area contributed by atoms with E-state index in [2.05, 4.69) is 15.9 Å². The first-order chi connectivity index (χ1) is 25.1. The van der Waals surface area contributed by atoms with Gasteiger partial charge in [-0.3, -0.25) is 0 Å². The van der Waals surface area contributed by atoms with Crippen LogP contribution in [-0.4, -0.2) is 88.4 Å². The van der Waals surface area contributed by atoms with Crippen LogP contribution in [0.25, 0.3) is 0 Å². The van der Waals surface area contributed by atoms with Crippen LogP contribution in [0.4, 0.5) is 0 Å². The Bertz CT molecular complexity index is 1830. The van der Waals surface area contributed by atoms with Gasteiger partial charge in [0.25, 0.3) is 0 Å². The Balaban J connectivity index is 1.49. The molecule has 0 N–H and O–H groups in total. The number of ether oxygens (including phenoxy) is 9. The monoisotopic (exact) mass is 778 g/mol. The highest BCUT2D eigenvalue weighted by molar-refractivity contribution is 9.09. The fourth-order valence-electron chi connectivity index (χ4n) is 5.13. The van der Waals surface area contributed by atoms with Crippen molar-refractivity contribution in [3.05, 3.63) is 119 Å². The van der Waals surface area contributed by atoms with Crippen molar-refractivity contribution in [3.63, 3.8) is 0 Å². The van der Waals surface area contributed by atoms with Crippen LogP contribution in [0.2, 0.25) is 0 Å². The first-order valence-electron chi connectivity index (χ1n) is 15.8. The molecular formula is C38H35BrO13. The van der Waals surface area contributed by atoms with Crippen molar-refractivity contribution in [1.82, 2.24) is 0 Å². The van der Waals surface area contributed by atoms with Gasteiger partial charge in [-0.15, -0.1) is 0 Å². The second-order valence-electron chi connectivity index (χ2n) is 11.1. The summed E-state index contributed by atoms with van der Waals surface area (Å²) in [4.78, 5) is 53.8. The first kappa shape index (κ1) is 37.7. The number of carbonyl (C=O) groups is 4. The zero-order chi connectivity index (χ0) is 37.2. The van der Waals surface area contributed by atoms with E-state index >= 15 is 0 Å². The van der Waals surface area contributed by atoms with Crippen LogP contribution >= 0.6 is 15.9 Å². The topological polar surface area (TPSA) is 151 Å². The molecule has 4 aromatic carbocycles. The number of hydrogen-bond acceptors (Lipinski definition) is 13. The van der Waals surface area contributed by atoms with E-state index in [-0.39, 0.29) is 22.3 Å². The van der Waals surface area contributed by atoms with E-state index in [9.17, 15) is 19.2 Å². The van der Waals surface area contributed by atoms with E-state index < -0.39 is 59.9 Å². The van der Waals surface area contributed by atoms with Gasteiger partial charge in [-0.25, -0.2) is 19.2 Å². The van der Waals surface area contributed by atoms with Gasteiger partial charge < -0.3 is 42.6 Å². The number of hydrogen-bond donors (Lipinski definition) is 0. The predicted octanol–water partition coefficient (Wildman–Crippen LogP) is 5.67. The molecule has 0 aliphatic carbocycles. The molecule has 5 rings (SSSR count). The number of rotatable bonds is 13. The molecule has 1 fully saturated rings. The summed E-state index contributed by atoms with van der Waals surface area (Å²) in [6.07, 6.45) is -5.55. The number of methoxy groups -OCH3 is 4. The van der Waals surface area contributed by atoms with Crippen LogP contribution in [0.5, 0.6) is 23.0 Å². The Kier molecular flexibility index (Phi) is 12.7. The minimum atomic E-state index is -1.48. The average Bonchev–Trinajstić information content (AvgIpc) is 3.19. The molecule has 1 aliphatic heterocycles. The SMILES string of the molecule is COc1ccc(C(=O)OC[C@H]2O[C@H](Br)[C@H](OC(=O)c3ccc(OC)cc3)[C@@H](OC(=O)c3ccc(OC)cc3)[C@@H]2OC(=O)c2ccc(OC)cc2)cc1. The third-order valence-electron chi connectivity index (χ3n) is 7.99. The molecule has 1 heterocycles. The van der Waals surface area contributed by atoms with Crippen LogP contribution in [-0.2, 0) is 23.7 Å². The van der Waals surface area contributed by atoms with Gasteiger partial charge in [0.2, 0.25) is 0 Å². The zero-order valence-electron chi connectivity index (χ0n) is 28.5. The van der Waals surface area contributed by atoms with E-state index in [1.54, 1.807) is 48.5 Å². The Hall–Kier alpha value is -5.60. The standard InChI is InChI=1S/C38H35BrO13/c1-44-26-13-5-22(6-14-26)35(40)48-21-30-31(50-36(41)23-7-15-27(45-2)16-8-23)32(51-37(42)24-9-17-28(46-3)18-10-24)33(34(39)49-30)52-38(43)25-11-19-29(47-4)20-12-25/h5-20,30-34H,21H2,1-4H3/t30-,31-,32+,33-,34+/m1/s1. The molecule has 52 heavy (non-hydrogen) atoms. The maximum atomic E-state index is 13.6. The van der Waals surface area contributed by atoms with Crippen molar-refractivity contribution in [2.24, 2.45) is 0 Å². The lowest BCUT2D eigenvalue weighted by Crippen LogP contribution is -2.61. The quantitative estimate of drug-likeness (QED) is 0.0932. The lowest BCUT2D eigenvalue weighted by atomic mass is 9.99. The Labute approximate surface area is 307 Å². The highest BCUT2D eigenvalue weighted by atomic mass is 79.9. The van der Waals surface area contributed by atoms with Gasteiger partial charge in [-0.1, -0.05) is 15.9 Å². The molecule has 4 aromatic rings. The number of carbonyl (C=O) groups excluding carboxylic acids is 4. The fraction of sp³-hybridized carbons (Fsp3) is 0.263. The van der Waals surface area contributed by atoms with Gasteiger partial charge in [-0.05, 0) is 97.1 Å². The normalized spacial score (nSPS) is 19.4. The second-order valence-corrected chi connectivity index (χ2v) is 12.1. The minimum Gasteiger partial charge on any atom is -0.497 e.